The SMILES string of the molecule is O=[N+]([O-])c1ccc(CC(O)C(F)(F)F)c(F)c1. The molecule has 1 aromatic carbocycles. The molecule has 0 radical (unpaired) electrons. The number of halogens is 4. The van der Waals surface area contributed by atoms with Crippen molar-refractivity contribution >= 4 is 5.69 Å². The molecule has 0 aliphatic carbocycles. The third-order valence-corrected chi connectivity index (χ3v) is 2.04. The van der Waals surface area contributed by atoms with Crippen LogP contribution in [0.3, 0.4) is 0 Å². The molecule has 8 heteroatoms. The number of nitrogens with zero attached hydrogens (tertiary/aromatic N) is 1. The number of non-ortho nitro benzene ring substituents is 1. The molecular weight excluding hydrogens is 246 g/mol. The van der Waals surface area contributed by atoms with Gasteiger partial charge >= 0.3 is 6.18 Å². The van der Waals surface area contributed by atoms with Crippen LogP contribution in [0.5, 0.6) is 0 Å². The van der Waals surface area contributed by atoms with Crippen molar-refractivity contribution in [2.45, 2.75) is 18.7 Å². The molecule has 0 fully saturated rings. The highest BCUT2D eigenvalue weighted by atomic mass is 19.4. The van der Waals surface area contributed by atoms with Gasteiger partial charge in [-0.1, -0.05) is 0 Å². The summed E-state index contributed by atoms with van der Waals surface area (Å²) >= 11 is 0. The predicted molar refractivity (Wildman–Crippen MR) is 48.8 cm³/mol. The molecule has 1 N–H and O–H groups in total. The number of aliphatic hydroxyl groups excluding tert-OH is 1. The van der Waals surface area contributed by atoms with Crippen LogP contribution in [0.15, 0.2) is 18.2 Å². The number of alkyl halides is 3. The van der Waals surface area contributed by atoms with Crippen LogP contribution in [0.1, 0.15) is 5.56 Å². The molecule has 4 nitrogen and oxygen atoms in total. The highest BCUT2D eigenvalue weighted by molar-refractivity contribution is 5.34. The molecule has 0 heterocycles. The molecule has 0 aliphatic rings. The van der Waals surface area contributed by atoms with Crippen LogP contribution in [0.25, 0.3) is 0 Å². The first kappa shape index (κ1) is 13.4. The molecule has 1 unspecified atom stereocenters. The second kappa shape index (κ2) is 4.66. The molecule has 0 saturated carbocycles. The third kappa shape index (κ3) is 3.38. The van der Waals surface area contributed by atoms with Crippen LogP contribution in [-0.2, 0) is 6.42 Å². The summed E-state index contributed by atoms with van der Waals surface area (Å²) < 4.78 is 49.2. The average Bonchev–Trinajstić information content (AvgIpc) is 2.19. The van der Waals surface area contributed by atoms with Gasteiger partial charge in [0, 0.05) is 12.5 Å². The first-order valence-corrected chi connectivity index (χ1v) is 4.39. The number of nitro groups is 1. The van der Waals surface area contributed by atoms with Crippen molar-refractivity contribution in [2.24, 2.45) is 0 Å². The fourth-order valence-corrected chi connectivity index (χ4v) is 1.14. The van der Waals surface area contributed by atoms with Crippen LogP contribution in [0.4, 0.5) is 23.2 Å². The van der Waals surface area contributed by atoms with Gasteiger partial charge in [-0.15, -0.1) is 0 Å². The van der Waals surface area contributed by atoms with Gasteiger partial charge in [0.25, 0.3) is 5.69 Å². The van der Waals surface area contributed by atoms with Crippen LogP contribution >= 0.6 is 0 Å². The third-order valence-electron chi connectivity index (χ3n) is 2.04. The summed E-state index contributed by atoms with van der Waals surface area (Å²) in [5.41, 5.74) is -0.992. The zero-order chi connectivity index (χ0) is 13.2. The van der Waals surface area contributed by atoms with Crippen LogP contribution in [0, 0.1) is 15.9 Å². The molecule has 17 heavy (non-hydrogen) atoms. The zero-order valence-corrected chi connectivity index (χ0v) is 8.24. The summed E-state index contributed by atoms with van der Waals surface area (Å²) in [5.74, 6) is -1.15. The lowest BCUT2D eigenvalue weighted by molar-refractivity contribution is -0.385. The fraction of sp³-hybridized carbons (Fsp3) is 0.333. The second-order valence-electron chi connectivity index (χ2n) is 3.29. The van der Waals surface area contributed by atoms with Gasteiger partial charge in [0.1, 0.15) is 5.82 Å². The highest BCUT2D eigenvalue weighted by Gasteiger charge is 2.38. The molecule has 0 bridgehead atoms. The van der Waals surface area contributed by atoms with Gasteiger partial charge in [0.2, 0.25) is 0 Å². The minimum atomic E-state index is -4.85. The lowest BCUT2D eigenvalue weighted by atomic mass is 10.1. The summed E-state index contributed by atoms with van der Waals surface area (Å²) in [4.78, 5) is 9.39. The van der Waals surface area contributed by atoms with E-state index in [2.05, 4.69) is 0 Å². The van der Waals surface area contributed by atoms with Gasteiger partial charge < -0.3 is 5.11 Å². The Bertz CT molecular complexity index is 433. The molecule has 1 atom stereocenters. The lowest BCUT2D eigenvalue weighted by Gasteiger charge is -2.14. The van der Waals surface area contributed by atoms with Crippen molar-refractivity contribution < 1.29 is 27.6 Å². The molecule has 1 aromatic rings. The Morgan fingerprint density at radius 1 is 1.41 bits per heavy atom. The second-order valence-corrected chi connectivity index (χ2v) is 3.29. The van der Waals surface area contributed by atoms with E-state index in [9.17, 15) is 27.7 Å². The molecule has 0 spiro atoms. The molecule has 0 saturated heterocycles. The number of nitro benzene ring substituents is 1. The Kier molecular flexibility index (Phi) is 3.66. The van der Waals surface area contributed by atoms with Crippen molar-refractivity contribution in [3.05, 3.63) is 39.7 Å². The summed E-state index contributed by atoms with van der Waals surface area (Å²) in [6.45, 7) is 0. The van der Waals surface area contributed by atoms with Gasteiger partial charge in [0.05, 0.1) is 11.0 Å². The molecule has 0 aromatic heterocycles. The van der Waals surface area contributed by atoms with E-state index < -0.39 is 40.7 Å². The molecular formula is C9H7F4NO3. The molecule has 94 valence electrons. The number of rotatable bonds is 3. The van der Waals surface area contributed by atoms with E-state index in [0.717, 1.165) is 12.1 Å². The van der Waals surface area contributed by atoms with Gasteiger partial charge in [-0.2, -0.15) is 13.2 Å². The smallest absolute Gasteiger partial charge is 0.383 e. The number of hydrogen-bond acceptors (Lipinski definition) is 3. The largest absolute Gasteiger partial charge is 0.414 e. The quantitative estimate of drug-likeness (QED) is 0.510. The minimum Gasteiger partial charge on any atom is -0.383 e. The first-order valence-electron chi connectivity index (χ1n) is 4.39. The van der Waals surface area contributed by atoms with E-state index in [4.69, 9.17) is 5.11 Å². The number of aliphatic hydroxyl groups is 1. The van der Waals surface area contributed by atoms with Crippen molar-refractivity contribution in [3.8, 4) is 0 Å². The topological polar surface area (TPSA) is 63.4 Å². The van der Waals surface area contributed by atoms with Gasteiger partial charge in [-0.05, 0) is 11.6 Å². The van der Waals surface area contributed by atoms with Crippen molar-refractivity contribution in [2.75, 3.05) is 0 Å². The predicted octanol–water partition coefficient (Wildman–Crippen LogP) is 2.20. The Hall–Kier alpha value is -1.70. The van der Waals surface area contributed by atoms with Crippen LogP contribution in [-0.4, -0.2) is 22.3 Å². The summed E-state index contributed by atoms with van der Waals surface area (Å²) in [5, 5.41) is 19.0. The summed E-state index contributed by atoms with van der Waals surface area (Å²) in [6.07, 6.45) is -8.53. The van der Waals surface area contributed by atoms with Crippen molar-refractivity contribution in [3.63, 3.8) is 0 Å². The van der Waals surface area contributed by atoms with E-state index in [1.54, 1.807) is 0 Å². The monoisotopic (exact) mass is 253 g/mol. The van der Waals surface area contributed by atoms with E-state index in [1.165, 1.54) is 0 Å². The summed E-state index contributed by atoms with van der Waals surface area (Å²) in [7, 11) is 0. The Morgan fingerprint density at radius 3 is 2.41 bits per heavy atom. The fourth-order valence-electron chi connectivity index (χ4n) is 1.14. The maximum Gasteiger partial charge on any atom is 0.414 e. The Labute approximate surface area is 92.6 Å². The van der Waals surface area contributed by atoms with E-state index in [0.29, 0.717) is 6.07 Å². The van der Waals surface area contributed by atoms with Crippen molar-refractivity contribution in [1.82, 2.24) is 0 Å². The van der Waals surface area contributed by atoms with E-state index in [-0.39, 0.29) is 0 Å². The van der Waals surface area contributed by atoms with Crippen LogP contribution < -0.4 is 0 Å². The van der Waals surface area contributed by atoms with Crippen LogP contribution in [0.2, 0.25) is 0 Å². The van der Waals surface area contributed by atoms with Gasteiger partial charge in [-0.25, -0.2) is 4.39 Å². The van der Waals surface area contributed by atoms with E-state index >= 15 is 0 Å². The molecule has 0 amide bonds. The highest BCUT2D eigenvalue weighted by Crippen LogP contribution is 2.25. The van der Waals surface area contributed by atoms with Crippen molar-refractivity contribution in [1.29, 1.82) is 0 Å². The maximum atomic E-state index is 13.2. The van der Waals surface area contributed by atoms with Gasteiger partial charge in [0.15, 0.2) is 6.10 Å². The first-order chi connectivity index (χ1) is 7.71. The normalized spacial score (nSPS) is 13.5. The zero-order valence-electron chi connectivity index (χ0n) is 8.24. The maximum absolute atomic E-state index is 13.2. The molecule has 0 aliphatic heterocycles. The van der Waals surface area contributed by atoms with E-state index in [1.807, 2.05) is 0 Å². The molecule has 1 rings (SSSR count). The number of hydrogen-bond donors (Lipinski definition) is 1. The number of benzene rings is 1. The summed E-state index contributed by atoms with van der Waals surface area (Å²) in [6, 6.07) is 2.24. The Balaban J connectivity index is 2.90. The standard InChI is InChI=1S/C9H7F4NO3/c10-7-4-6(14(16)17)2-1-5(7)3-8(15)9(11,12)13/h1-2,4,8,15H,3H2. The minimum absolute atomic E-state index is 0.430. The average molecular weight is 253 g/mol. The lowest BCUT2D eigenvalue weighted by Crippen LogP contribution is -2.30. The Morgan fingerprint density at radius 2 is 2.00 bits per heavy atom. The van der Waals surface area contributed by atoms with Gasteiger partial charge in [-0.3, -0.25) is 10.1 Å².